The molecule has 0 unspecified atom stereocenters. The van der Waals surface area contributed by atoms with Gasteiger partial charge >= 0.3 is 144 Å². The zero-order valence-corrected chi connectivity index (χ0v) is 14.5. The van der Waals surface area contributed by atoms with E-state index in [9.17, 15) is 14.7 Å². The molecule has 1 aromatic carbocycles. The molecule has 0 spiro atoms. The Balaban J connectivity index is 1.81. The first-order valence-corrected chi connectivity index (χ1v) is 9.62. The molecule has 3 N–H and O–H groups in total. The minimum absolute atomic E-state index is 0.0696. The minimum atomic E-state index is -0.837. The van der Waals surface area contributed by atoms with E-state index in [1.54, 1.807) is 0 Å². The first-order valence-electron chi connectivity index (χ1n) is 7.55. The normalized spacial score (nSPS) is 23.5. The third-order valence-electron chi connectivity index (χ3n) is 3.87. The maximum atomic E-state index is 12.0. The number of H-pyrrole nitrogens is 1. The van der Waals surface area contributed by atoms with Gasteiger partial charge < -0.3 is 0 Å². The van der Waals surface area contributed by atoms with E-state index < -0.39 is 29.7 Å². The van der Waals surface area contributed by atoms with Crippen LogP contribution in [0.1, 0.15) is 18.2 Å². The Morgan fingerprint density at radius 1 is 1.29 bits per heavy atom. The fourth-order valence-corrected chi connectivity index (χ4v) is 4.41. The van der Waals surface area contributed by atoms with Crippen molar-refractivity contribution < 1.29 is 14.9 Å². The van der Waals surface area contributed by atoms with Crippen LogP contribution in [0.15, 0.2) is 46.1 Å². The van der Waals surface area contributed by atoms with Crippen LogP contribution in [-0.2, 0) is 10.1 Å². The molecule has 0 saturated carbocycles. The molecule has 1 aliphatic heterocycles. The first-order chi connectivity index (χ1) is 11.6. The second kappa shape index (κ2) is 7.46. The fraction of sp³-hybridized carbons (Fsp3) is 0.375. The van der Waals surface area contributed by atoms with E-state index >= 15 is 0 Å². The Kier molecular flexibility index (Phi) is 5.33. The number of benzene rings is 1. The molecule has 0 bridgehead atoms. The van der Waals surface area contributed by atoms with Crippen molar-refractivity contribution in [3.05, 3.63) is 62.9 Å². The van der Waals surface area contributed by atoms with Crippen molar-refractivity contribution in [3.63, 3.8) is 0 Å². The number of rotatable bonds is 5. The van der Waals surface area contributed by atoms with Gasteiger partial charge in [0.2, 0.25) is 0 Å². The summed E-state index contributed by atoms with van der Waals surface area (Å²) in [6.07, 6.45) is -0.546. The van der Waals surface area contributed by atoms with Crippen LogP contribution >= 0.6 is 0 Å². The van der Waals surface area contributed by atoms with Gasteiger partial charge in [-0.25, -0.2) is 0 Å². The SMILES string of the molecule is O=c1[nH]c(=O)n([C@H]2C[C@H](O)[C@@H](CO)O2)cc1C[Se]c1ccccc1. The number of aromatic nitrogens is 2. The summed E-state index contributed by atoms with van der Waals surface area (Å²) in [6.45, 7) is -0.320. The number of nitrogens with one attached hydrogen (secondary N) is 1. The van der Waals surface area contributed by atoms with E-state index in [1.807, 2.05) is 30.3 Å². The van der Waals surface area contributed by atoms with E-state index in [2.05, 4.69) is 4.98 Å². The number of ether oxygens (including phenoxy) is 1. The average molecular weight is 397 g/mol. The van der Waals surface area contributed by atoms with Gasteiger partial charge in [-0.3, -0.25) is 0 Å². The van der Waals surface area contributed by atoms with Gasteiger partial charge in [0.05, 0.1) is 0 Å². The van der Waals surface area contributed by atoms with Crippen LogP contribution in [0, 0.1) is 0 Å². The summed E-state index contributed by atoms with van der Waals surface area (Å²) in [5, 5.41) is 19.5. The van der Waals surface area contributed by atoms with Gasteiger partial charge in [0.15, 0.2) is 0 Å². The zero-order valence-electron chi connectivity index (χ0n) is 12.8. The molecule has 1 saturated heterocycles. The molecule has 3 rings (SSSR count). The van der Waals surface area contributed by atoms with Gasteiger partial charge in [0.25, 0.3) is 0 Å². The molecule has 3 atom stereocenters. The molecule has 24 heavy (non-hydrogen) atoms. The van der Waals surface area contributed by atoms with Crippen LogP contribution in [0.2, 0.25) is 0 Å². The Bertz CT molecular complexity index is 804. The summed E-state index contributed by atoms with van der Waals surface area (Å²) in [7, 11) is 0. The van der Waals surface area contributed by atoms with Gasteiger partial charge in [-0.2, -0.15) is 0 Å². The van der Waals surface area contributed by atoms with Crippen molar-refractivity contribution in [3.8, 4) is 0 Å². The summed E-state index contributed by atoms with van der Waals surface area (Å²) in [4.78, 5) is 26.4. The molecule has 2 heterocycles. The van der Waals surface area contributed by atoms with Gasteiger partial charge in [0, 0.05) is 0 Å². The maximum absolute atomic E-state index is 12.0. The number of hydrogen-bond donors (Lipinski definition) is 3. The fourth-order valence-electron chi connectivity index (χ4n) is 2.57. The third kappa shape index (κ3) is 3.68. The molecule has 1 aromatic heterocycles. The van der Waals surface area contributed by atoms with Crippen molar-refractivity contribution >= 4 is 19.4 Å². The van der Waals surface area contributed by atoms with Crippen LogP contribution in [0.3, 0.4) is 0 Å². The van der Waals surface area contributed by atoms with Crippen LogP contribution in [0.4, 0.5) is 0 Å². The van der Waals surface area contributed by atoms with Crippen molar-refractivity contribution in [2.75, 3.05) is 6.61 Å². The van der Waals surface area contributed by atoms with Crippen LogP contribution in [0.25, 0.3) is 0 Å². The molecule has 7 nitrogen and oxygen atoms in total. The Labute approximate surface area is 144 Å². The summed E-state index contributed by atoms with van der Waals surface area (Å²) >= 11 is 0.0696. The number of nitrogens with zero attached hydrogens (tertiary/aromatic N) is 1. The molecule has 0 radical (unpaired) electrons. The molecule has 1 fully saturated rings. The topological polar surface area (TPSA) is 105 Å². The van der Waals surface area contributed by atoms with Crippen LogP contribution in [-0.4, -0.2) is 53.5 Å². The molecule has 0 aliphatic carbocycles. The standard InChI is InChI=1S/C16H18N2O5Se/c19-8-13-12(20)6-14(23-13)18-7-10(15(21)17-16(18)22)9-24-11-4-2-1-3-5-11/h1-5,7,12-14,19-20H,6,8-9H2,(H,17,21,22)/t12-,13+,14+/m0/s1. The molecule has 1 aliphatic rings. The number of aliphatic hydroxyl groups excluding tert-OH is 2. The molecular weight excluding hydrogens is 379 g/mol. The number of aromatic amines is 1. The summed E-state index contributed by atoms with van der Waals surface area (Å²) in [5.41, 5.74) is -0.470. The quantitative estimate of drug-likeness (QED) is 0.545. The Morgan fingerprint density at radius 3 is 2.71 bits per heavy atom. The predicted molar refractivity (Wildman–Crippen MR) is 88.5 cm³/mol. The van der Waals surface area contributed by atoms with E-state index in [0.29, 0.717) is 10.9 Å². The van der Waals surface area contributed by atoms with E-state index in [1.165, 1.54) is 10.8 Å². The van der Waals surface area contributed by atoms with Crippen molar-refractivity contribution in [2.45, 2.75) is 30.2 Å². The van der Waals surface area contributed by atoms with Gasteiger partial charge in [-0.05, 0) is 0 Å². The van der Waals surface area contributed by atoms with E-state index in [4.69, 9.17) is 9.84 Å². The predicted octanol–water partition coefficient (Wildman–Crippen LogP) is -1.29. The molecule has 8 heteroatoms. The number of hydrogen-bond acceptors (Lipinski definition) is 5. The van der Waals surface area contributed by atoms with Crippen molar-refractivity contribution in [1.29, 1.82) is 0 Å². The van der Waals surface area contributed by atoms with Crippen molar-refractivity contribution in [1.82, 2.24) is 9.55 Å². The summed E-state index contributed by atoms with van der Waals surface area (Å²) < 4.78 is 7.94. The third-order valence-corrected chi connectivity index (χ3v) is 6.10. The second-order valence-electron chi connectivity index (χ2n) is 5.54. The first kappa shape index (κ1) is 17.1. The second-order valence-corrected chi connectivity index (χ2v) is 7.74. The van der Waals surface area contributed by atoms with Crippen LogP contribution in [0.5, 0.6) is 0 Å². The number of aliphatic hydroxyl groups is 2. The zero-order chi connectivity index (χ0) is 17.1. The monoisotopic (exact) mass is 398 g/mol. The van der Waals surface area contributed by atoms with Gasteiger partial charge in [-0.15, -0.1) is 0 Å². The van der Waals surface area contributed by atoms with Gasteiger partial charge in [-0.1, -0.05) is 0 Å². The molecule has 128 valence electrons. The summed E-state index contributed by atoms with van der Waals surface area (Å²) in [5.74, 6) is 0. The average Bonchev–Trinajstić information content (AvgIpc) is 2.95. The molecule has 0 amide bonds. The molecule has 2 aromatic rings. The van der Waals surface area contributed by atoms with Crippen molar-refractivity contribution in [2.24, 2.45) is 0 Å². The van der Waals surface area contributed by atoms with Crippen LogP contribution < -0.4 is 15.7 Å². The van der Waals surface area contributed by atoms with Gasteiger partial charge in [0.1, 0.15) is 0 Å². The van der Waals surface area contributed by atoms with E-state index in [0.717, 1.165) is 4.46 Å². The molecular formula is C16H18N2O5Se. The van der Waals surface area contributed by atoms with E-state index in [-0.39, 0.29) is 28.0 Å². The summed E-state index contributed by atoms with van der Waals surface area (Å²) in [6, 6.07) is 9.85. The Morgan fingerprint density at radius 2 is 2.04 bits per heavy atom. The Hall–Kier alpha value is -1.70.